The zero-order valence-electron chi connectivity index (χ0n) is 16.5. The molecule has 6 nitrogen and oxygen atoms in total. The molecule has 0 aliphatic carbocycles. The molecule has 1 amide bonds. The van der Waals surface area contributed by atoms with Crippen molar-refractivity contribution in [3.63, 3.8) is 0 Å². The molecule has 0 radical (unpaired) electrons. The van der Waals surface area contributed by atoms with E-state index in [4.69, 9.17) is 4.74 Å². The van der Waals surface area contributed by atoms with Crippen LogP contribution in [0.3, 0.4) is 0 Å². The van der Waals surface area contributed by atoms with Crippen LogP contribution in [-0.4, -0.2) is 38.8 Å². The lowest BCUT2D eigenvalue weighted by Crippen LogP contribution is -2.35. The van der Waals surface area contributed by atoms with E-state index in [1.54, 1.807) is 0 Å². The van der Waals surface area contributed by atoms with Crippen molar-refractivity contribution in [3.05, 3.63) is 53.1 Å². The van der Waals surface area contributed by atoms with Crippen molar-refractivity contribution < 1.29 is 17.9 Å². The highest BCUT2D eigenvalue weighted by Gasteiger charge is 2.27. The summed E-state index contributed by atoms with van der Waals surface area (Å²) in [6, 6.07) is 10.1. The summed E-state index contributed by atoms with van der Waals surface area (Å²) in [7, 11) is -2.17. The Morgan fingerprint density at radius 2 is 1.71 bits per heavy atom. The van der Waals surface area contributed by atoms with E-state index in [-0.39, 0.29) is 10.5 Å². The number of aryl methyl sites for hydroxylation is 2. The van der Waals surface area contributed by atoms with Crippen molar-refractivity contribution in [2.75, 3.05) is 25.5 Å². The number of carbonyl (C=O) groups is 1. The van der Waals surface area contributed by atoms with Crippen molar-refractivity contribution in [2.45, 2.75) is 38.0 Å². The Kier molecular flexibility index (Phi) is 6.05. The van der Waals surface area contributed by atoms with Crippen LogP contribution < -0.4 is 10.1 Å². The monoisotopic (exact) mass is 402 g/mol. The highest BCUT2D eigenvalue weighted by atomic mass is 32.2. The lowest BCUT2D eigenvalue weighted by molar-refractivity contribution is 0.102. The van der Waals surface area contributed by atoms with E-state index >= 15 is 0 Å². The SMILES string of the molecule is COc1ccc(S(=O)(=O)N2CCCCC2)cc1C(=O)Nc1ccc(C)c(C)c1. The van der Waals surface area contributed by atoms with E-state index in [0.29, 0.717) is 24.5 Å². The number of benzene rings is 2. The largest absolute Gasteiger partial charge is 0.496 e. The third kappa shape index (κ3) is 4.20. The molecule has 0 saturated carbocycles. The van der Waals surface area contributed by atoms with Gasteiger partial charge < -0.3 is 10.1 Å². The Bertz CT molecular complexity index is 980. The molecule has 7 heteroatoms. The van der Waals surface area contributed by atoms with Crippen molar-refractivity contribution in [1.29, 1.82) is 0 Å². The minimum absolute atomic E-state index is 0.112. The Morgan fingerprint density at radius 3 is 2.36 bits per heavy atom. The van der Waals surface area contributed by atoms with E-state index in [2.05, 4.69) is 5.32 Å². The first-order valence-corrected chi connectivity index (χ1v) is 10.8. The molecular weight excluding hydrogens is 376 g/mol. The summed E-state index contributed by atoms with van der Waals surface area (Å²) in [6.07, 6.45) is 2.75. The van der Waals surface area contributed by atoms with Crippen molar-refractivity contribution in [1.82, 2.24) is 4.31 Å². The van der Waals surface area contributed by atoms with Crippen LogP contribution in [0.2, 0.25) is 0 Å². The predicted molar refractivity (Wildman–Crippen MR) is 109 cm³/mol. The molecule has 1 N–H and O–H groups in total. The fourth-order valence-corrected chi connectivity index (χ4v) is 4.84. The number of rotatable bonds is 5. The van der Waals surface area contributed by atoms with Crippen LogP contribution in [0.1, 0.15) is 40.7 Å². The molecule has 3 rings (SSSR count). The highest BCUT2D eigenvalue weighted by molar-refractivity contribution is 7.89. The maximum absolute atomic E-state index is 13.0. The number of nitrogens with one attached hydrogen (secondary N) is 1. The molecule has 0 unspecified atom stereocenters. The van der Waals surface area contributed by atoms with E-state index in [9.17, 15) is 13.2 Å². The number of ether oxygens (including phenoxy) is 1. The quantitative estimate of drug-likeness (QED) is 0.827. The first-order valence-electron chi connectivity index (χ1n) is 9.40. The number of anilines is 1. The fourth-order valence-electron chi connectivity index (χ4n) is 3.30. The molecule has 1 saturated heterocycles. The number of carbonyl (C=O) groups excluding carboxylic acids is 1. The van der Waals surface area contributed by atoms with E-state index in [1.165, 1.54) is 29.6 Å². The van der Waals surface area contributed by atoms with E-state index < -0.39 is 15.9 Å². The van der Waals surface area contributed by atoms with Gasteiger partial charge in [0.05, 0.1) is 17.6 Å². The first kappa shape index (κ1) is 20.4. The summed E-state index contributed by atoms with van der Waals surface area (Å²) in [5.74, 6) is -0.0743. The van der Waals surface area contributed by atoms with Crippen LogP contribution in [0.4, 0.5) is 5.69 Å². The molecular formula is C21H26N2O4S. The summed E-state index contributed by atoms with van der Waals surface area (Å²) in [5.41, 5.74) is 3.04. The second-order valence-corrected chi connectivity index (χ2v) is 9.02. The molecule has 1 fully saturated rings. The average molecular weight is 403 g/mol. The number of methoxy groups -OCH3 is 1. The number of piperidine rings is 1. The Balaban J connectivity index is 1.92. The minimum atomic E-state index is -3.63. The topological polar surface area (TPSA) is 75.7 Å². The van der Waals surface area contributed by atoms with Gasteiger partial charge in [0.1, 0.15) is 5.75 Å². The van der Waals surface area contributed by atoms with Crippen molar-refractivity contribution >= 4 is 21.6 Å². The fraction of sp³-hybridized carbons (Fsp3) is 0.381. The second-order valence-electron chi connectivity index (χ2n) is 7.08. The van der Waals surface area contributed by atoms with Crippen LogP contribution >= 0.6 is 0 Å². The molecule has 0 bridgehead atoms. The van der Waals surface area contributed by atoms with Gasteiger partial charge in [-0.15, -0.1) is 0 Å². The standard InChI is InChI=1S/C21H26N2O4S/c1-15-7-8-17(13-16(15)2)22-21(24)19-14-18(9-10-20(19)27-3)28(25,26)23-11-5-4-6-12-23/h7-10,13-14H,4-6,11-12H2,1-3H3,(H,22,24). The van der Waals surface area contributed by atoms with Gasteiger partial charge in [-0.1, -0.05) is 12.5 Å². The maximum Gasteiger partial charge on any atom is 0.259 e. The third-order valence-electron chi connectivity index (χ3n) is 5.13. The zero-order valence-corrected chi connectivity index (χ0v) is 17.3. The number of sulfonamides is 1. The number of hydrogen-bond donors (Lipinski definition) is 1. The van der Waals surface area contributed by atoms with Crippen LogP contribution in [0.15, 0.2) is 41.3 Å². The highest BCUT2D eigenvalue weighted by Crippen LogP contribution is 2.27. The molecule has 1 aliphatic heterocycles. The van der Waals surface area contributed by atoms with E-state index in [0.717, 1.165) is 30.4 Å². The number of hydrogen-bond acceptors (Lipinski definition) is 4. The Hall–Kier alpha value is -2.38. The molecule has 0 atom stereocenters. The normalized spacial score (nSPS) is 15.2. The molecule has 0 spiro atoms. The van der Waals surface area contributed by atoms with Crippen LogP contribution in [0, 0.1) is 13.8 Å². The maximum atomic E-state index is 13.0. The molecule has 150 valence electrons. The third-order valence-corrected chi connectivity index (χ3v) is 7.03. The Labute approximate surface area is 166 Å². The predicted octanol–water partition coefficient (Wildman–Crippen LogP) is 3.74. The molecule has 1 aliphatic rings. The zero-order chi connectivity index (χ0) is 20.3. The van der Waals surface area contributed by atoms with Gasteiger partial charge in [-0.3, -0.25) is 4.79 Å². The lowest BCUT2D eigenvalue weighted by atomic mass is 10.1. The number of amides is 1. The first-order chi connectivity index (χ1) is 13.3. The van der Waals surface area contributed by atoms with Crippen molar-refractivity contribution in [3.8, 4) is 5.75 Å². The summed E-state index contributed by atoms with van der Waals surface area (Å²) in [6.45, 7) is 4.99. The van der Waals surface area contributed by atoms with Gasteiger partial charge >= 0.3 is 0 Å². The number of nitrogens with zero attached hydrogens (tertiary/aromatic N) is 1. The van der Waals surface area contributed by atoms with Gasteiger partial charge in [-0.25, -0.2) is 8.42 Å². The Morgan fingerprint density at radius 1 is 1.00 bits per heavy atom. The summed E-state index contributed by atoms with van der Waals surface area (Å²) < 4.78 is 32.7. The minimum Gasteiger partial charge on any atom is -0.496 e. The van der Waals surface area contributed by atoms with Crippen LogP contribution in [0.5, 0.6) is 5.75 Å². The smallest absolute Gasteiger partial charge is 0.259 e. The van der Waals surface area contributed by atoms with Crippen molar-refractivity contribution in [2.24, 2.45) is 0 Å². The molecule has 1 heterocycles. The molecule has 2 aromatic rings. The summed E-state index contributed by atoms with van der Waals surface area (Å²) >= 11 is 0. The van der Waals surface area contributed by atoms with E-state index in [1.807, 2.05) is 32.0 Å². The molecule has 0 aromatic heterocycles. The summed E-state index contributed by atoms with van der Waals surface area (Å²) in [4.78, 5) is 13.0. The van der Waals surface area contributed by atoms with Gasteiger partial charge in [0.2, 0.25) is 10.0 Å². The average Bonchev–Trinajstić information content (AvgIpc) is 2.70. The molecule has 28 heavy (non-hydrogen) atoms. The van der Waals surface area contributed by atoms with Gasteiger partial charge in [0.15, 0.2) is 0 Å². The van der Waals surface area contributed by atoms with Gasteiger partial charge in [-0.05, 0) is 68.1 Å². The van der Waals surface area contributed by atoms with Gasteiger partial charge in [0.25, 0.3) is 5.91 Å². The summed E-state index contributed by atoms with van der Waals surface area (Å²) in [5, 5.41) is 2.83. The molecule has 2 aromatic carbocycles. The van der Waals surface area contributed by atoms with Gasteiger partial charge in [-0.2, -0.15) is 4.31 Å². The van der Waals surface area contributed by atoms with Gasteiger partial charge in [0, 0.05) is 18.8 Å². The van der Waals surface area contributed by atoms with Crippen LogP contribution in [-0.2, 0) is 10.0 Å². The second kappa shape index (κ2) is 8.32. The van der Waals surface area contributed by atoms with Crippen LogP contribution in [0.25, 0.3) is 0 Å². The lowest BCUT2D eigenvalue weighted by Gasteiger charge is -2.26.